The van der Waals surface area contributed by atoms with Crippen molar-refractivity contribution < 1.29 is 9.53 Å². The predicted octanol–water partition coefficient (Wildman–Crippen LogP) is 3.67. The highest BCUT2D eigenvalue weighted by atomic mass is 16.5. The molecular weight excluding hydrogens is 392 g/mol. The molecule has 0 spiro atoms. The Balaban J connectivity index is 1.60. The summed E-state index contributed by atoms with van der Waals surface area (Å²) in [6.07, 6.45) is 1.83. The molecule has 5 rings (SSSR count). The predicted molar refractivity (Wildman–Crippen MR) is 118 cm³/mol. The fraction of sp³-hybridized carbons (Fsp3) is 0.167. The van der Waals surface area contributed by atoms with E-state index in [1.54, 1.807) is 0 Å². The first kappa shape index (κ1) is 19.0. The molecule has 0 saturated carbocycles. The number of fused-ring (bicyclic) bond motifs is 2. The molecule has 7 heteroatoms. The summed E-state index contributed by atoms with van der Waals surface area (Å²) in [7, 11) is 0. The zero-order valence-electron chi connectivity index (χ0n) is 16.7. The lowest BCUT2D eigenvalue weighted by Crippen LogP contribution is -2.20. The van der Waals surface area contributed by atoms with Crippen LogP contribution in [0.5, 0.6) is 5.75 Å². The van der Waals surface area contributed by atoms with Gasteiger partial charge in [0.25, 0.3) is 5.56 Å². The summed E-state index contributed by atoms with van der Waals surface area (Å²) in [6.45, 7) is 0.453. The number of nitrogens with two attached hydrogens (primary N) is 1. The van der Waals surface area contributed by atoms with Crippen LogP contribution in [0, 0.1) is 0 Å². The number of anilines is 1. The monoisotopic (exact) mass is 412 g/mol. The van der Waals surface area contributed by atoms with Crippen LogP contribution in [0.3, 0.4) is 0 Å². The van der Waals surface area contributed by atoms with Gasteiger partial charge < -0.3 is 10.5 Å². The van der Waals surface area contributed by atoms with E-state index in [0.29, 0.717) is 42.0 Å². The lowest BCUT2D eigenvalue weighted by molar-refractivity contribution is 0.0972. The van der Waals surface area contributed by atoms with E-state index in [1.807, 2.05) is 54.6 Å². The molecule has 0 radical (unpaired) electrons. The Morgan fingerprint density at radius 2 is 1.71 bits per heavy atom. The van der Waals surface area contributed by atoms with Crippen molar-refractivity contribution in [2.75, 3.05) is 5.73 Å². The molecular formula is C24H20N4O3. The number of nitrogens with zero attached hydrogens (tertiary/aromatic N) is 2. The number of nitrogen functional groups attached to an aromatic ring is 1. The summed E-state index contributed by atoms with van der Waals surface area (Å²) in [4.78, 5) is 36.8. The molecule has 0 aliphatic heterocycles. The van der Waals surface area contributed by atoms with Gasteiger partial charge in [-0.05, 0) is 36.1 Å². The summed E-state index contributed by atoms with van der Waals surface area (Å²) in [5.41, 5.74) is 9.13. The van der Waals surface area contributed by atoms with Gasteiger partial charge in [0.05, 0.1) is 11.1 Å². The van der Waals surface area contributed by atoms with E-state index < -0.39 is 5.56 Å². The molecule has 4 aromatic rings. The molecule has 2 aromatic carbocycles. The zero-order chi connectivity index (χ0) is 21.4. The van der Waals surface area contributed by atoms with E-state index >= 15 is 0 Å². The van der Waals surface area contributed by atoms with Crippen LogP contribution in [-0.2, 0) is 13.0 Å². The van der Waals surface area contributed by atoms with Gasteiger partial charge in [-0.3, -0.25) is 14.6 Å². The van der Waals surface area contributed by atoms with Crippen LogP contribution in [0.4, 0.5) is 5.95 Å². The number of benzene rings is 2. The van der Waals surface area contributed by atoms with Crippen LogP contribution in [0.2, 0.25) is 0 Å². The first-order chi connectivity index (χ1) is 15.1. The Hall–Kier alpha value is -4.00. The maximum atomic E-state index is 12.8. The average molecular weight is 412 g/mol. The lowest BCUT2D eigenvalue weighted by atomic mass is 9.87. The molecule has 0 unspecified atom stereocenters. The molecule has 7 nitrogen and oxygen atoms in total. The van der Waals surface area contributed by atoms with Gasteiger partial charge in [-0.1, -0.05) is 42.5 Å². The SMILES string of the molecule is Nc1nc2nc3c(c(-c4ccc(OCc5ccccc5)cc4)c2c(=O)[nH]1)C(=O)CCC3. The van der Waals surface area contributed by atoms with Crippen molar-refractivity contribution in [2.24, 2.45) is 0 Å². The quantitative estimate of drug-likeness (QED) is 0.529. The fourth-order valence-corrected chi connectivity index (χ4v) is 4.01. The molecule has 1 aliphatic carbocycles. The average Bonchev–Trinajstić information content (AvgIpc) is 2.77. The van der Waals surface area contributed by atoms with Crippen molar-refractivity contribution in [3.05, 3.63) is 81.8 Å². The highest BCUT2D eigenvalue weighted by Gasteiger charge is 2.27. The van der Waals surface area contributed by atoms with E-state index in [2.05, 4.69) is 15.0 Å². The topological polar surface area (TPSA) is 111 Å². The minimum atomic E-state index is -0.407. The summed E-state index contributed by atoms with van der Waals surface area (Å²) >= 11 is 0. The third-order valence-electron chi connectivity index (χ3n) is 5.44. The van der Waals surface area contributed by atoms with Crippen LogP contribution < -0.4 is 16.0 Å². The van der Waals surface area contributed by atoms with Gasteiger partial charge in [-0.2, -0.15) is 4.98 Å². The molecule has 154 valence electrons. The van der Waals surface area contributed by atoms with Crippen molar-refractivity contribution >= 4 is 22.8 Å². The molecule has 1 aliphatic rings. The van der Waals surface area contributed by atoms with Crippen molar-refractivity contribution in [3.63, 3.8) is 0 Å². The fourth-order valence-electron chi connectivity index (χ4n) is 4.01. The molecule has 0 bridgehead atoms. The number of H-pyrrole nitrogens is 1. The summed E-state index contributed by atoms with van der Waals surface area (Å²) in [5.74, 6) is 0.691. The van der Waals surface area contributed by atoms with E-state index in [4.69, 9.17) is 10.5 Å². The molecule has 0 saturated heterocycles. The highest BCUT2D eigenvalue weighted by molar-refractivity contribution is 6.10. The molecule has 0 fully saturated rings. The number of ketones is 1. The minimum absolute atomic E-state index is 0.00250. The van der Waals surface area contributed by atoms with E-state index in [9.17, 15) is 9.59 Å². The van der Waals surface area contributed by atoms with Crippen LogP contribution in [0.1, 0.15) is 34.5 Å². The van der Waals surface area contributed by atoms with Gasteiger partial charge in [0.15, 0.2) is 11.4 Å². The number of rotatable bonds is 4. The van der Waals surface area contributed by atoms with Gasteiger partial charge in [0.1, 0.15) is 12.4 Å². The molecule has 3 N–H and O–H groups in total. The maximum Gasteiger partial charge on any atom is 0.262 e. The first-order valence-electron chi connectivity index (χ1n) is 10.1. The van der Waals surface area contributed by atoms with Crippen LogP contribution in [0.15, 0.2) is 59.4 Å². The van der Waals surface area contributed by atoms with Gasteiger partial charge in [-0.15, -0.1) is 0 Å². The van der Waals surface area contributed by atoms with Gasteiger partial charge in [0.2, 0.25) is 5.95 Å². The number of nitrogens with one attached hydrogen (secondary N) is 1. The highest BCUT2D eigenvalue weighted by Crippen LogP contribution is 2.35. The number of aryl methyl sites for hydroxylation is 1. The number of pyridine rings is 1. The second kappa shape index (κ2) is 7.68. The number of aromatic amines is 1. The Bertz CT molecular complexity index is 1350. The van der Waals surface area contributed by atoms with Gasteiger partial charge in [0, 0.05) is 17.5 Å². The Morgan fingerprint density at radius 3 is 2.48 bits per heavy atom. The minimum Gasteiger partial charge on any atom is -0.489 e. The standard InChI is InChI=1S/C24H20N4O3/c25-24-27-22-21(23(30)28-24)19(20-17(26-22)7-4-8-18(20)29)15-9-11-16(12-10-15)31-13-14-5-2-1-3-6-14/h1-3,5-6,9-12H,4,7-8,13H2,(H3,25,26,27,28,30). The molecule has 2 heterocycles. The summed E-state index contributed by atoms with van der Waals surface area (Å²) in [6, 6.07) is 17.3. The normalized spacial score (nSPS) is 13.2. The van der Waals surface area contributed by atoms with Crippen molar-refractivity contribution in [1.82, 2.24) is 15.0 Å². The van der Waals surface area contributed by atoms with Crippen LogP contribution in [0.25, 0.3) is 22.2 Å². The summed E-state index contributed by atoms with van der Waals surface area (Å²) in [5, 5.41) is 0.279. The number of hydrogen-bond donors (Lipinski definition) is 2. The summed E-state index contributed by atoms with van der Waals surface area (Å²) < 4.78 is 5.87. The second-order valence-electron chi connectivity index (χ2n) is 7.53. The van der Waals surface area contributed by atoms with E-state index in [0.717, 1.165) is 17.5 Å². The molecule has 31 heavy (non-hydrogen) atoms. The van der Waals surface area contributed by atoms with Crippen LogP contribution in [-0.4, -0.2) is 20.7 Å². The maximum absolute atomic E-state index is 12.8. The number of aromatic nitrogens is 3. The second-order valence-corrected chi connectivity index (χ2v) is 7.53. The van der Waals surface area contributed by atoms with E-state index in [-0.39, 0.29) is 22.8 Å². The number of hydrogen-bond acceptors (Lipinski definition) is 6. The van der Waals surface area contributed by atoms with Crippen molar-refractivity contribution in [2.45, 2.75) is 25.9 Å². The van der Waals surface area contributed by atoms with Crippen LogP contribution >= 0.6 is 0 Å². The zero-order valence-corrected chi connectivity index (χ0v) is 16.7. The van der Waals surface area contributed by atoms with Gasteiger partial charge >= 0.3 is 0 Å². The Morgan fingerprint density at radius 1 is 0.935 bits per heavy atom. The first-order valence-corrected chi connectivity index (χ1v) is 10.1. The largest absolute Gasteiger partial charge is 0.489 e. The Kier molecular flexibility index (Phi) is 4.71. The third kappa shape index (κ3) is 3.54. The third-order valence-corrected chi connectivity index (χ3v) is 5.44. The van der Waals surface area contributed by atoms with E-state index in [1.165, 1.54) is 0 Å². The number of Topliss-reactive ketones (excluding diaryl/α,β-unsaturated/α-hetero) is 1. The molecule has 0 atom stereocenters. The molecule has 2 aromatic heterocycles. The number of carbonyl (C=O) groups is 1. The smallest absolute Gasteiger partial charge is 0.262 e. The lowest BCUT2D eigenvalue weighted by Gasteiger charge is -2.19. The van der Waals surface area contributed by atoms with Crippen molar-refractivity contribution in [1.29, 1.82) is 0 Å². The Labute approximate surface area is 177 Å². The number of carbonyl (C=O) groups excluding carboxylic acids is 1. The van der Waals surface area contributed by atoms with Gasteiger partial charge in [-0.25, -0.2) is 4.98 Å². The van der Waals surface area contributed by atoms with Crippen molar-refractivity contribution in [3.8, 4) is 16.9 Å². The molecule has 0 amide bonds. The number of ether oxygens (including phenoxy) is 1.